The van der Waals surface area contributed by atoms with Gasteiger partial charge in [0.1, 0.15) is 12.2 Å². The van der Waals surface area contributed by atoms with Crippen molar-refractivity contribution in [2.45, 2.75) is 6.61 Å². The van der Waals surface area contributed by atoms with Crippen LogP contribution in [0.3, 0.4) is 0 Å². The first-order chi connectivity index (χ1) is 17.3. The van der Waals surface area contributed by atoms with Gasteiger partial charge in [0.2, 0.25) is 0 Å². The van der Waals surface area contributed by atoms with E-state index in [2.05, 4.69) is 10.5 Å². The van der Waals surface area contributed by atoms with Crippen LogP contribution < -0.4 is 14.9 Å². The number of rotatable bonds is 9. The molecule has 1 amide bonds. The second-order valence-electron chi connectivity index (χ2n) is 7.41. The molecule has 0 saturated carbocycles. The predicted octanol–water partition coefficient (Wildman–Crippen LogP) is 4.60. The van der Waals surface area contributed by atoms with Crippen LogP contribution in [0, 0.1) is 20.2 Å². The van der Waals surface area contributed by atoms with Gasteiger partial charge in [0.15, 0.2) is 17.3 Å². The summed E-state index contributed by atoms with van der Waals surface area (Å²) in [4.78, 5) is 33.0. The summed E-state index contributed by atoms with van der Waals surface area (Å²) in [5.74, 6) is 0.204. The number of methoxy groups -OCH3 is 1. The third-order valence-corrected chi connectivity index (χ3v) is 5.04. The van der Waals surface area contributed by atoms with Gasteiger partial charge in [-0.25, -0.2) is 5.43 Å². The van der Waals surface area contributed by atoms with E-state index in [9.17, 15) is 25.0 Å². The molecule has 1 N–H and O–H groups in total. The minimum atomic E-state index is -0.625. The molecule has 1 aromatic heterocycles. The second kappa shape index (κ2) is 10.3. The normalized spacial score (nSPS) is 10.9. The fourth-order valence-corrected chi connectivity index (χ4v) is 3.24. The zero-order chi connectivity index (χ0) is 25.7. The number of carbonyl (C=O) groups is 1. The van der Waals surface area contributed by atoms with Gasteiger partial charge in [0.05, 0.1) is 23.2 Å². The highest BCUT2D eigenvalue weighted by atomic mass is 16.6. The second-order valence-corrected chi connectivity index (χ2v) is 7.41. The number of hydrazone groups is 1. The summed E-state index contributed by atoms with van der Waals surface area (Å²) >= 11 is 0. The molecule has 0 aliphatic carbocycles. The number of ether oxygens (including phenoxy) is 2. The number of carbonyl (C=O) groups excluding carboxylic acids is 1. The summed E-state index contributed by atoms with van der Waals surface area (Å²) in [6, 6.07) is 16.5. The lowest BCUT2D eigenvalue weighted by molar-refractivity contribution is -0.385. The molecule has 0 radical (unpaired) electrons. The Morgan fingerprint density at radius 2 is 1.69 bits per heavy atom. The lowest BCUT2D eigenvalue weighted by atomic mass is 10.2. The number of nitrogens with zero attached hydrogens (tertiary/aromatic N) is 3. The molecule has 0 spiro atoms. The van der Waals surface area contributed by atoms with E-state index in [1.165, 1.54) is 49.7 Å². The minimum absolute atomic E-state index is 0.00337. The number of non-ortho nitro benzene ring substituents is 2. The third-order valence-electron chi connectivity index (χ3n) is 5.04. The molecule has 1 heterocycles. The summed E-state index contributed by atoms with van der Waals surface area (Å²) in [7, 11) is 1.47. The molecule has 0 saturated heterocycles. The zero-order valence-electron chi connectivity index (χ0n) is 18.7. The summed E-state index contributed by atoms with van der Waals surface area (Å²) < 4.78 is 16.5. The van der Waals surface area contributed by atoms with Crippen LogP contribution in [0.2, 0.25) is 0 Å². The van der Waals surface area contributed by atoms with Crippen molar-refractivity contribution in [1.82, 2.24) is 5.43 Å². The summed E-state index contributed by atoms with van der Waals surface area (Å²) in [5.41, 5.74) is 3.92. The predicted molar refractivity (Wildman–Crippen MR) is 128 cm³/mol. The molecule has 182 valence electrons. The van der Waals surface area contributed by atoms with Crippen molar-refractivity contribution in [3.63, 3.8) is 0 Å². The number of nitro groups is 2. The van der Waals surface area contributed by atoms with Gasteiger partial charge >= 0.3 is 5.91 Å². The number of fused-ring (bicyclic) bond motifs is 1. The van der Waals surface area contributed by atoms with Crippen LogP contribution in [0.15, 0.2) is 76.2 Å². The molecule has 0 aliphatic heterocycles. The Hall–Kier alpha value is -5.26. The number of hydrogen-bond donors (Lipinski definition) is 1. The molecule has 4 rings (SSSR count). The summed E-state index contributed by atoms with van der Waals surface area (Å²) in [5, 5.41) is 26.0. The molecule has 0 atom stereocenters. The smallest absolute Gasteiger partial charge is 0.307 e. The molecular weight excluding hydrogens is 472 g/mol. The first-order valence-corrected chi connectivity index (χ1v) is 10.4. The fraction of sp³-hybridized carbons (Fsp3) is 0.0833. The molecule has 0 bridgehead atoms. The Kier molecular flexibility index (Phi) is 6.86. The van der Waals surface area contributed by atoms with E-state index in [1.54, 1.807) is 30.3 Å². The Morgan fingerprint density at radius 3 is 2.39 bits per heavy atom. The van der Waals surface area contributed by atoms with E-state index >= 15 is 0 Å². The van der Waals surface area contributed by atoms with Crippen molar-refractivity contribution in [3.8, 4) is 11.5 Å². The van der Waals surface area contributed by atoms with Gasteiger partial charge in [-0.3, -0.25) is 25.0 Å². The van der Waals surface area contributed by atoms with Crippen molar-refractivity contribution in [2.24, 2.45) is 5.10 Å². The van der Waals surface area contributed by atoms with Gasteiger partial charge < -0.3 is 13.9 Å². The molecule has 0 fully saturated rings. The Labute approximate surface area is 203 Å². The van der Waals surface area contributed by atoms with Crippen LogP contribution in [0.25, 0.3) is 11.0 Å². The van der Waals surface area contributed by atoms with Crippen LogP contribution in [-0.4, -0.2) is 29.1 Å². The summed E-state index contributed by atoms with van der Waals surface area (Å²) in [6.07, 6.45) is 1.40. The van der Waals surface area contributed by atoms with Crippen molar-refractivity contribution in [3.05, 3.63) is 104 Å². The molecule has 12 nitrogen and oxygen atoms in total. The molecular formula is C24H18N4O8. The number of hydrogen-bond acceptors (Lipinski definition) is 9. The van der Waals surface area contributed by atoms with E-state index in [0.717, 1.165) is 5.56 Å². The molecule has 0 aliphatic rings. The van der Waals surface area contributed by atoms with Gasteiger partial charge in [-0.05, 0) is 53.6 Å². The lowest BCUT2D eigenvalue weighted by Gasteiger charge is -2.11. The topological polar surface area (TPSA) is 159 Å². The number of benzene rings is 3. The van der Waals surface area contributed by atoms with Crippen LogP contribution in [-0.2, 0) is 6.61 Å². The standard InChI is InChI=1S/C24H18N4O8/c1-34-22-10-16(4-8-21(22)35-14-15-2-5-18(6-3-15)27(30)31)13-25-26-24(29)23-12-17-11-19(28(32)33)7-9-20(17)36-23/h2-13H,14H2,1H3,(H,26,29)/b25-13-. The van der Waals surface area contributed by atoms with Crippen LogP contribution >= 0.6 is 0 Å². The van der Waals surface area contributed by atoms with E-state index in [1.807, 2.05) is 0 Å². The lowest BCUT2D eigenvalue weighted by Crippen LogP contribution is -2.16. The van der Waals surface area contributed by atoms with Crippen LogP contribution in [0.4, 0.5) is 11.4 Å². The maximum absolute atomic E-state index is 12.3. The van der Waals surface area contributed by atoms with E-state index in [-0.39, 0.29) is 23.7 Å². The quantitative estimate of drug-likeness (QED) is 0.202. The third kappa shape index (κ3) is 5.44. The van der Waals surface area contributed by atoms with Crippen molar-refractivity contribution >= 4 is 34.5 Å². The Balaban J connectivity index is 1.38. The molecule has 36 heavy (non-hydrogen) atoms. The number of nitrogens with one attached hydrogen (secondary N) is 1. The van der Waals surface area contributed by atoms with Gasteiger partial charge in [0, 0.05) is 29.7 Å². The highest BCUT2D eigenvalue weighted by Crippen LogP contribution is 2.29. The molecule has 4 aromatic rings. The Morgan fingerprint density at radius 1 is 0.972 bits per heavy atom. The molecule has 0 unspecified atom stereocenters. The van der Waals surface area contributed by atoms with Gasteiger partial charge in [-0.15, -0.1) is 0 Å². The minimum Gasteiger partial charge on any atom is -0.493 e. The first kappa shape index (κ1) is 23.9. The first-order valence-electron chi connectivity index (χ1n) is 10.4. The zero-order valence-corrected chi connectivity index (χ0v) is 18.7. The monoisotopic (exact) mass is 490 g/mol. The average molecular weight is 490 g/mol. The number of furan rings is 1. The average Bonchev–Trinajstić information content (AvgIpc) is 3.31. The van der Waals surface area contributed by atoms with Crippen LogP contribution in [0.5, 0.6) is 11.5 Å². The van der Waals surface area contributed by atoms with E-state index in [4.69, 9.17) is 13.9 Å². The fourth-order valence-electron chi connectivity index (χ4n) is 3.24. The van der Waals surface area contributed by atoms with Crippen molar-refractivity contribution in [2.75, 3.05) is 7.11 Å². The van der Waals surface area contributed by atoms with Gasteiger partial charge in [0.25, 0.3) is 11.4 Å². The van der Waals surface area contributed by atoms with Gasteiger partial charge in [-0.1, -0.05) is 0 Å². The van der Waals surface area contributed by atoms with E-state index in [0.29, 0.717) is 28.0 Å². The molecule has 12 heteroatoms. The highest BCUT2D eigenvalue weighted by molar-refractivity contribution is 5.97. The largest absolute Gasteiger partial charge is 0.493 e. The Bertz CT molecular complexity index is 1480. The molecule has 3 aromatic carbocycles. The van der Waals surface area contributed by atoms with Crippen molar-refractivity contribution in [1.29, 1.82) is 0 Å². The van der Waals surface area contributed by atoms with Crippen LogP contribution in [0.1, 0.15) is 21.7 Å². The summed E-state index contributed by atoms with van der Waals surface area (Å²) in [6.45, 7) is 0.179. The maximum atomic E-state index is 12.3. The number of nitro benzene ring substituents is 2. The van der Waals surface area contributed by atoms with Gasteiger partial charge in [-0.2, -0.15) is 5.10 Å². The number of amides is 1. The van der Waals surface area contributed by atoms with E-state index < -0.39 is 15.8 Å². The highest BCUT2D eigenvalue weighted by Gasteiger charge is 2.15. The SMILES string of the molecule is COc1cc(/C=N\NC(=O)c2cc3cc([N+](=O)[O-])ccc3o2)ccc1OCc1ccc([N+](=O)[O-])cc1. The maximum Gasteiger partial charge on any atom is 0.307 e. The van der Waals surface area contributed by atoms with Crippen molar-refractivity contribution < 1.29 is 28.5 Å².